The molecule has 246 valence electrons. The summed E-state index contributed by atoms with van der Waals surface area (Å²) in [5.41, 5.74) is 1.71. The number of fused-ring (bicyclic) bond motifs is 9. The highest BCUT2D eigenvalue weighted by molar-refractivity contribution is 8.00. The Balaban J connectivity index is 1.22. The van der Waals surface area contributed by atoms with Gasteiger partial charge in [0.1, 0.15) is 0 Å². The van der Waals surface area contributed by atoms with Crippen LogP contribution < -0.4 is 19.2 Å². The van der Waals surface area contributed by atoms with Crippen LogP contribution in [0.3, 0.4) is 0 Å². The number of rotatable bonds is 10. The molecule has 7 atom stereocenters. The Hall–Kier alpha value is -4.10. The van der Waals surface area contributed by atoms with Crippen molar-refractivity contribution in [3.8, 4) is 11.5 Å². The van der Waals surface area contributed by atoms with Gasteiger partial charge in [-0.1, -0.05) is 17.4 Å². The van der Waals surface area contributed by atoms with Crippen LogP contribution in [0.5, 0.6) is 11.5 Å². The fourth-order valence-electron chi connectivity index (χ4n) is 8.05. The quantitative estimate of drug-likeness (QED) is 0.238. The maximum Gasteiger partial charge on any atom is 0.344 e. The molecule has 1 N–H and O–H groups in total. The molecule has 1 saturated heterocycles. The molecule has 0 radical (unpaired) electrons. The van der Waals surface area contributed by atoms with Gasteiger partial charge in [-0.15, -0.1) is 11.8 Å². The normalized spacial score (nSPS) is 26.9. The second-order valence-corrected chi connectivity index (χ2v) is 14.2. The van der Waals surface area contributed by atoms with Crippen molar-refractivity contribution in [3.05, 3.63) is 68.1 Å². The minimum atomic E-state index is -0.482. The number of nitrogens with zero attached hydrogens (tertiary/aromatic N) is 1. The highest BCUT2D eigenvalue weighted by Gasteiger charge is 2.69. The van der Waals surface area contributed by atoms with Crippen LogP contribution in [0.4, 0.5) is 5.69 Å². The Kier molecular flexibility index (Phi) is 8.37. The number of H-pyrrole nitrogens is 1. The van der Waals surface area contributed by atoms with Crippen molar-refractivity contribution < 1.29 is 38.1 Å². The molecule has 2 bridgehead atoms. The van der Waals surface area contributed by atoms with E-state index in [1.54, 1.807) is 55.9 Å². The molecule has 2 saturated carbocycles. The fraction of sp³-hybridized carbons (Fsp3) is 0.441. The van der Waals surface area contributed by atoms with Gasteiger partial charge in [-0.25, -0.2) is 9.59 Å². The lowest BCUT2D eigenvalue weighted by Gasteiger charge is -2.43. The van der Waals surface area contributed by atoms with E-state index >= 15 is 0 Å². The predicted molar refractivity (Wildman–Crippen MR) is 173 cm³/mol. The number of aromatic nitrogens is 1. The van der Waals surface area contributed by atoms with E-state index in [2.05, 4.69) is 4.98 Å². The molecule has 7 rings (SSSR count). The van der Waals surface area contributed by atoms with Crippen LogP contribution in [-0.4, -0.2) is 60.4 Å². The van der Waals surface area contributed by atoms with Gasteiger partial charge in [0, 0.05) is 16.0 Å². The van der Waals surface area contributed by atoms with Gasteiger partial charge < -0.3 is 23.9 Å². The smallest absolute Gasteiger partial charge is 0.344 e. The molecule has 1 aromatic heterocycles. The average Bonchev–Trinajstić information content (AvgIpc) is 3.79. The topological polar surface area (TPSA) is 141 Å². The van der Waals surface area contributed by atoms with Crippen molar-refractivity contribution in [2.45, 2.75) is 43.4 Å². The van der Waals surface area contributed by atoms with E-state index in [0.29, 0.717) is 29.4 Å². The summed E-state index contributed by atoms with van der Waals surface area (Å²) in [4.78, 5) is 70.0. The SMILES string of the molecule is CCOC(=O)COc1ccc([C@H]2c3sc(=O)[nH]c3SC3C4CC(C5C(=O)N(c6ccc(C(=O)OCC)cc6)C(=O)C45)C32)cc1OCC. The molecule has 2 aliphatic carbocycles. The third kappa shape index (κ3) is 5.23. The molecule has 11 nitrogen and oxygen atoms in total. The van der Waals surface area contributed by atoms with Crippen molar-refractivity contribution in [3.63, 3.8) is 0 Å². The number of thioether (sulfide) groups is 1. The maximum absolute atomic E-state index is 14.1. The van der Waals surface area contributed by atoms with E-state index in [1.807, 2.05) is 19.1 Å². The zero-order valence-corrected chi connectivity index (χ0v) is 27.7. The zero-order chi connectivity index (χ0) is 33.0. The van der Waals surface area contributed by atoms with Crippen LogP contribution in [0.25, 0.3) is 0 Å². The molecule has 4 aliphatic rings. The molecule has 6 unspecified atom stereocenters. The van der Waals surface area contributed by atoms with E-state index in [9.17, 15) is 24.0 Å². The van der Waals surface area contributed by atoms with Crippen molar-refractivity contribution in [2.75, 3.05) is 31.3 Å². The Morgan fingerprint density at radius 1 is 0.872 bits per heavy atom. The number of anilines is 1. The van der Waals surface area contributed by atoms with Crippen molar-refractivity contribution in [1.82, 2.24) is 4.98 Å². The van der Waals surface area contributed by atoms with Gasteiger partial charge >= 0.3 is 16.8 Å². The summed E-state index contributed by atoms with van der Waals surface area (Å²) in [6.45, 7) is 5.93. The Labute approximate surface area is 278 Å². The Morgan fingerprint density at radius 3 is 2.30 bits per heavy atom. The summed E-state index contributed by atoms with van der Waals surface area (Å²) in [5, 5.41) is 0.821. The lowest BCUT2D eigenvalue weighted by atomic mass is 9.68. The summed E-state index contributed by atoms with van der Waals surface area (Å²) in [6, 6.07) is 12.0. The van der Waals surface area contributed by atoms with Crippen molar-refractivity contribution in [2.24, 2.45) is 29.6 Å². The molecule has 2 aliphatic heterocycles. The van der Waals surface area contributed by atoms with Gasteiger partial charge in [0.15, 0.2) is 18.1 Å². The lowest BCUT2D eigenvalue weighted by molar-refractivity contribution is -0.145. The van der Waals surface area contributed by atoms with Crippen molar-refractivity contribution >= 4 is 52.5 Å². The van der Waals surface area contributed by atoms with Gasteiger partial charge in [-0.3, -0.25) is 19.3 Å². The number of imide groups is 1. The van der Waals surface area contributed by atoms with Crippen LogP contribution in [-0.2, 0) is 23.9 Å². The average molecular weight is 679 g/mol. The van der Waals surface area contributed by atoms with Gasteiger partial charge in [0.05, 0.1) is 47.9 Å². The molecule has 3 heterocycles. The van der Waals surface area contributed by atoms with Crippen LogP contribution >= 0.6 is 23.1 Å². The number of hydrogen-bond acceptors (Lipinski definition) is 11. The second-order valence-electron chi connectivity index (χ2n) is 12.0. The number of benzene rings is 2. The number of hydrogen-bond donors (Lipinski definition) is 1. The first-order valence-corrected chi connectivity index (χ1v) is 17.5. The Bertz CT molecular complexity index is 1800. The minimum absolute atomic E-state index is 0.00568. The van der Waals surface area contributed by atoms with E-state index in [0.717, 1.165) is 21.9 Å². The molecule has 2 amide bonds. The largest absolute Gasteiger partial charge is 0.490 e. The monoisotopic (exact) mass is 678 g/mol. The summed E-state index contributed by atoms with van der Waals surface area (Å²) < 4.78 is 21.8. The van der Waals surface area contributed by atoms with Gasteiger partial charge in [0.25, 0.3) is 0 Å². The lowest BCUT2D eigenvalue weighted by Crippen LogP contribution is -2.42. The molecular weight excluding hydrogens is 645 g/mol. The summed E-state index contributed by atoms with van der Waals surface area (Å²) in [7, 11) is 0. The number of esters is 2. The van der Waals surface area contributed by atoms with E-state index in [-0.39, 0.29) is 65.4 Å². The van der Waals surface area contributed by atoms with Crippen molar-refractivity contribution in [1.29, 1.82) is 0 Å². The molecule has 47 heavy (non-hydrogen) atoms. The highest BCUT2D eigenvalue weighted by atomic mass is 32.2. The molecule has 13 heteroatoms. The second kappa shape index (κ2) is 12.5. The highest BCUT2D eigenvalue weighted by Crippen LogP contribution is 2.68. The fourth-order valence-corrected chi connectivity index (χ4v) is 10.9. The number of nitrogens with one attached hydrogen (secondary N) is 1. The Morgan fingerprint density at radius 2 is 1.60 bits per heavy atom. The molecule has 3 aromatic rings. The predicted octanol–water partition coefficient (Wildman–Crippen LogP) is 4.63. The van der Waals surface area contributed by atoms with E-state index < -0.39 is 23.8 Å². The summed E-state index contributed by atoms with van der Waals surface area (Å²) >= 11 is 2.79. The van der Waals surface area contributed by atoms with Gasteiger partial charge in [-0.05, 0) is 86.9 Å². The summed E-state index contributed by atoms with van der Waals surface area (Å²) in [5.74, 6) is -1.76. The third-order valence-electron chi connectivity index (χ3n) is 9.64. The number of amides is 2. The number of carbonyl (C=O) groups is 4. The first kappa shape index (κ1) is 31.5. The first-order valence-electron chi connectivity index (χ1n) is 15.8. The molecule has 3 fully saturated rings. The van der Waals surface area contributed by atoms with E-state index in [1.165, 1.54) is 16.2 Å². The van der Waals surface area contributed by atoms with Gasteiger partial charge in [0.2, 0.25) is 11.8 Å². The molecular formula is C34H34N2O9S2. The standard InChI is InChI=1S/C34H34N2O9S2/c1-4-42-22-13-17(9-12-21(22)45-15-23(37)43-5-2)24-25-19-14-20(28(25)46-30-29(24)47-34(41)35-30)27-26(19)31(38)36(32(27)39)18-10-7-16(8-11-18)33(40)44-6-3/h7-13,19-20,24-28H,4-6,14-15H2,1-3H3,(H,35,41)/t19?,20?,24-,25?,26?,27?,28?/m1/s1. The summed E-state index contributed by atoms with van der Waals surface area (Å²) in [6.07, 6.45) is 0.750. The molecule has 0 spiro atoms. The molecule has 2 aromatic carbocycles. The number of thiazole rings is 1. The van der Waals surface area contributed by atoms with Crippen LogP contribution in [0.1, 0.15) is 53.9 Å². The third-order valence-corrected chi connectivity index (χ3v) is 12.2. The number of aromatic amines is 1. The van der Waals surface area contributed by atoms with Crippen LogP contribution in [0.2, 0.25) is 0 Å². The minimum Gasteiger partial charge on any atom is -0.490 e. The van der Waals surface area contributed by atoms with Gasteiger partial charge in [-0.2, -0.15) is 0 Å². The number of carbonyl (C=O) groups excluding carboxylic acids is 4. The van der Waals surface area contributed by atoms with Crippen LogP contribution in [0, 0.1) is 29.6 Å². The van der Waals surface area contributed by atoms with Crippen LogP contribution in [0.15, 0.2) is 52.3 Å². The zero-order valence-electron chi connectivity index (χ0n) is 26.1. The first-order chi connectivity index (χ1) is 22.7. The maximum atomic E-state index is 14.1. The number of ether oxygens (including phenoxy) is 4. The van der Waals surface area contributed by atoms with E-state index in [4.69, 9.17) is 18.9 Å².